The van der Waals surface area contributed by atoms with Crippen molar-refractivity contribution in [3.8, 4) is 50.8 Å². The van der Waals surface area contributed by atoms with Crippen LogP contribution in [0.3, 0.4) is 0 Å². The van der Waals surface area contributed by atoms with Gasteiger partial charge in [-0.3, -0.25) is 0 Å². The van der Waals surface area contributed by atoms with E-state index < -0.39 is 0 Å². The van der Waals surface area contributed by atoms with Crippen molar-refractivity contribution in [3.05, 3.63) is 200 Å². The largest absolute Gasteiger partial charge is 0.453 e. The molecular formula is C54H33N3O. The molecule has 1 aliphatic heterocycles. The monoisotopic (exact) mass is 739 g/mol. The maximum Gasteiger partial charge on any atom is 0.152 e. The van der Waals surface area contributed by atoms with Crippen LogP contribution in [-0.4, -0.2) is 13.7 Å². The molecule has 12 aromatic rings. The van der Waals surface area contributed by atoms with Crippen LogP contribution in [0.25, 0.3) is 105 Å². The highest BCUT2D eigenvalue weighted by atomic mass is 16.5. The predicted molar refractivity (Wildman–Crippen MR) is 240 cm³/mol. The molecule has 0 bridgehead atoms. The Kier molecular flexibility index (Phi) is 6.41. The molecule has 0 aliphatic carbocycles. The fourth-order valence-electron chi connectivity index (χ4n) is 9.72. The Balaban J connectivity index is 0.938. The van der Waals surface area contributed by atoms with Gasteiger partial charge in [-0.25, -0.2) is 0 Å². The molecule has 0 fully saturated rings. The van der Waals surface area contributed by atoms with Gasteiger partial charge in [-0.2, -0.15) is 0 Å². The smallest absolute Gasteiger partial charge is 0.152 e. The van der Waals surface area contributed by atoms with E-state index in [1.54, 1.807) is 0 Å². The normalized spacial score (nSPS) is 12.3. The first kappa shape index (κ1) is 31.4. The standard InChI is InChI=1S/C54H33N3O/c1-2-12-37(13-3-1)55-45-17-7-4-14-40(45)43-32-35(24-29-48(43)55)36-25-30-49-44(33-36)41-15-5-8-18-46(41)56(49)38-26-22-34(23-27-38)39-28-31-52-54-53(39)42-16-6-9-19-47(42)57(54)50-20-10-11-21-51(50)58-52/h1-33H. The zero-order valence-electron chi connectivity index (χ0n) is 31.3. The molecule has 0 saturated heterocycles. The summed E-state index contributed by atoms with van der Waals surface area (Å²) in [4.78, 5) is 0. The van der Waals surface area contributed by atoms with Gasteiger partial charge in [0, 0.05) is 43.7 Å². The molecule has 4 heteroatoms. The van der Waals surface area contributed by atoms with E-state index in [2.05, 4.69) is 202 Å². The first-order valence-corrected chi connectivity index (χ1v) is 19.8. The Hall–Kier alpha value is -7.82. The van der Waals surface area contributed by atoms with Crippen molar-refractivity contribution in [3.63, 3.8) is 0 Å². The molecule has 13 rings (SSSR count). The number of benzene rings is 9. The highest BCUT2D eigenvalue weighted by Gasteiger charge is 2.26. The van der Waals surface area contributed by atoms with Gasteiger partial charge in [0.2, 0.25) is 0 Å². The summed E-state index contributed by atoms with van der Waals surface area (Å²) in [5.74, 6) is 1.76. The Labute approximate surface area is 333 Å². The van der Waals surface area contributed by atoms with Gasteiger partial charge in [0.1, 0.15) is 0 Å². The molecule has 0 unspecified atom stereocenters. The number of fused-ring (bicyclic) bond motifs is 11. The summed E-state index contributed by atoms with van der Waals surface area (Å²) in [6, 6.07) is 72.4. The Morgan fingerprint density at radius 2 is 0.810 bits per heavy atom. The van der Waals surface area contributed by atoms with Gasteiger partial charge < -0.3 is 18.4 Å². The molecule has 4 nitrogen and oxygen atoms in total. The molecule has 58 heavy (non-hydrogen) atoms. The van der Waals surface area contributed by atoms with E-state index in [1.165, 1.54) is 87.8 Å². The second kappa shape index (κ2) is 11.8. The average molecular weight is 740 g/mol. The Bertz CT molecular complexity index is 3640. The van der Waals surface area contributed by atoms with Crippen LogP contribution in [-0.2, 0) is 0 Å². The summed E-state index contributed by atoms with van der Waals surface area (Å²) in [7, 11) is 0. The van der Waals surface area contributed by atoms with Crippen LogP contribution in [0, 0.1) is 0 Å². The van der Waals surface area contributed by atoms with Crippen LogP contribution in [0.2, 0.25) is 0 Å². The predicted octanol–water partition coefficient (Wildman–Crippen LogP) is 14.4. The van der Waals surface area contributed by atoms with Crippen molar-refractivity contribution in [2.45, 2.75) is 0 Å². The summed E-state index contributed by atoms with van der Waals surface area (Å²) in [6.07, 6.45) is 0. The SMILES string of the molecule is c1ccc(-n2c3ccccc3c3cc(-c4ccc5c(c4)c4ccccc4n5-c4ccc(-c5ccc6c7c5c5ccccc5n7-c5ccccc5O6)cc4)ccc32)cc1. The number of aromatic nitrogens is 3. The molecule has 3 aromatic heterocycles. The molecule has 270 valence electrons. The number of nitrogens with zero attached hydrogens (tertiary/aromatic N) is 3. The van der Waals surface area contributed by atoms with E-state index in [-0.39, 0.29) is 0 Å². The lowest BCUT2D eigenvalue weighted by molar-refractivity contribution is 0.476. The van der Waals surface area contributed by atoms with E-state index in [0.29, 0.717) is 0 Å². The van der Waals surface area contributed by atoms with Gasteiger partial charge in [0.15, 0.2) is 11.5 Å². The zero-order valence-corrected chi connectivity index (χ0v) is 31.3. The number of para-hydroxylation sites is 6. The Morgan fingerprint density at radius 1 is 0.310 bits per heavy atom. The van der Waals surface area contributed by atoms with Gasteiger partial charge in [-0.1, -0.05) is 109 Å². The van der Waals surface area contributed by atoms with Gasteiger partial charge in [0.05, 0.1) is 38.8 Å². The van der Waals surface area contributed by atoms with E-state index >= 15 is 0 Å². The average Bonchev–Trinajstić information content (AvgIpc) is 3.93. The molecule has 0 spiro atoms. The second-order valence-corrected chi connectivity index (χ2v) is 15.3. The summed E-state index contributed by atoms with van der Waals surface area (Å²) in [5, 5.41) is 7.42. The van der Waals surface area contributed by atoms with E-state index in [0.717, 1.165) is 28.4 Å². The van der Waals surface area contributed by atoms with Gasteiger partial charge in [-0.05, 0) is 113 Å². The molecule has 0 saturated carbocycles. The van der Waals surface area contributed by atoms with Crippen LogP contribution in [0.5, 0.6) is 11.5 Å². The molecule has 1 aliphatic rings. The molecule has 0 N–H and O–H groups in total. The van der Waals surface area contributed by atoms with Crippen LogP contribution >= 0.6 is 0 Å². The highest BCUT2D eigenvalue weighted by molar-refractivity contribution is 6.18. The van der Waals surface area contributed by atoms with Crippen LogP contribution in [0.15, 0.2) is 200 Å². The first-order chi connectivity index (χ1) is 28.8. The fraction of sp³-hybridized carbons (Fsp3) is 0. The van der Waals surface area contributed by atoms with Crippen molar-refractivity contribution < 1.29 is 4.74 Å². The molecule has 9 aromatic carbocycles. The van der Waals surface area contributed by atoms with Crippen LogP contribution in [0.4, 0.5) is 0 Å². The number of ether oxygens (including phenoxy) is 1. The summed E-state index contributed by atoms with van der Waals surface area (Å²) in [6.45, 7) is 0. The van der Waals surface area contributed by atoms with Crippen molar-refractivity contribution in [1.29, 1.82) is 0 Å². The number of rotatable bonds is 4. The van der Waals surface area contributed by atoms with Gasteiger partial charge >= 0.3 is 0 Å². The summed E-state index contributed by atoms with van der Waals surface area (Å²) >= 11 is 0. The third kappa shape index (κ3) is 4.34. The Morgan fingerprint density at radius 3 is 1.47 bits per heavy atom. The fourth-order valence-corrected chi connectivity index (χ4v) is 9.72. The lowest BCUT2D eigenvalue weighted by Crippen LogP contribution is -2.03. The molecule has 0 atom stereocenters. The molecule has 4 heterocycles. The third-order valence-electron chi connectivity index (χ3n) is 12.2. The van der Waals surface area contributed by atoms with Gasteiger partial charge in [-0.15, -0.1) is 0 Å². The third-order valence-corrected chi connectivity index (χ3v) is 12.2. The maximum atomic E-state index is 6.48. The minimum atomic E-state index is 0.876. The number of hydrogen-bond acceptors (Lipinski definition) is 1. The van der Waals surface area contributed by atoms with E-state index in [4.69, 9.17) is 4.74 Å². The van der Waals surface area contributed by atoms with E-state index in [1.807, 2.05) is 12.1 Å². The van der Waals surface area contributed by atoms with Crippen molar-refractivity contribution in [1.82, 2.24) is 13.7 Å². The number of hydrogen-bond donors (Lipinski definition) is 0. The summed E-state index contributed by atoms with van der Waals surface area (Å²) < 4.78 is 13.6. The van der Waals surface area contributed by atoms with Crippen LogP contribution < -0.4 is 4.74 Å². The molecular weight excluding hydrogens is 707 g/mol. The molecule has 0 amide bonds. The lowest BCUT2D eigenvalue weighted by Gasteiger charge is -2.21. The van der Waals surface area contributed by atoms with Crippen molar-refractivity contribution >= 4 is 65.4 Å². The minimum absolute atomic E-state index is 0.876. The quantitative estimate of drug-likeness (QED) is 0.176. The summed E-state index contributed by atoms with van der Waals surface area (Å²) in [5.41, 5.74) is 15.2. The zero-order chi connectivity index (χ0) is 37.9. The molecule has 0 radical (unpaired) electrons. The highest BCUT2D eigenvalue weighted by Crippen LogP contribution is 2.48. The van der Waals surface area contributed by atoms with E-state index in [9.17, 15) is 0 Å². The lowest BCUT2D eigenvalue weighted by atomic mass is 9.98. The topological polar surface area (TPSA) is 24.0 Å². The van der Waals surface area contributed by atoms with Crippen LogP contribution in [0.1, 0.15) is 0 Å². The second-order valence-electron chi connectivity index (χ2n) is 15.3. The maximum absolute atomic E-state index is 6.48. The van der Waals surface area contributed by atoms with Crippen molar-refractivity contribution in [2.75, 3.05) is 0 Å². The minimum Gasteiger partial charge on any atom is -0.453 e. The van der Waals surface area contributed by atoms with Gasteiger partial charge in [0.25, 0.3) is 0 Å². The first-order valence-electron chi connectivity index (χ1n) is 19.8. The van der Waals surface area contributed by atoms with Crippen molar-refractivity contribution in [2.24, 2.45) is 0 Å².